The Balaban J connectivity index is 0.000000114. The van der Waals surface area contributed by atoms with Gasteiger partial charge in [-0.3, -0.25) is 0 Å². The first kappa shape index (κ1) is 59.5. The van der Waals surface area contributed by atoms with E-state index in [-0.39, 0.29) is 0 Å². The molecule has 0 aliphatic carbocycles. The number of hydrogen-bond acceptors (Lipinski definition) is 18. The highest BCUT2D eigenvalue weighted by Gasteiger charge is 2.46. The lowest BCUT2D eigenvalue weighted by Gasteiger charge is -2.53. The van der Waals surface area contributed by atoms with Gasteiger partial charge in [0.15, 0.2) is 0 Å². The number of hydrogen-bond donors (Lipinski definition) is 3. The number of likely N-dealkylation sites (tertiary alicyclic amines) is 2. The third kappa shape index (κ3) is 15.2. The second-order valence-corrected chi connectivity index (χ2v) is 25.8. The molecular formula is C64H98N18. The van der Waals surface area contributed by atoms with E-state index >= 15 is 0 Å². The molecule has 5 aromatic heterocycles. The number of pyridine rings is 2. The van der Waals surface area contributed by atoms with Crippen molar-refractivity contribution in [1.29, 1.82) is 0 Å². The van der Waals surface area contributed by atoms with E-state index in [1.54, 1.807) is 0 Å². The first-order valence-electron chi connectivity index (χ1n) is 31.4. The van der Waals surface area contributed by atoms with Crippen LogP contribution in [0.2, 0.25) is 0 Å². The molecule has 18 nitrogen and oxygen atoms in total. The van der Waals surface area contributed by atoms with E-state index in [1.807, 2.05) is 89.4 Å². The summed E-state index contributed by atoms with van der Waals surface area (Å²) in [6.07, 6.45) is 25.7. The van der Waals surface area contributed by atoms with E-state index in [0.29, 0.717) is 16.2 Å². The minimum absolute atomic E-state index is 0.556. The number of nitrogens with zero attached hydrogens (tertiary/aromatic N) is 15. The van der Waals surface area contributed by atoms with Gasteiger partial charge in [-0.2, -0.15) is 0 Å². The molecule has 3 spiro atoms. The molecule has 18 heteroatoms. The first-order chi connectivity index (χ1) is 40.0. The van der Waals surface area contributed by atoms with Crippen LogP contribution in [0.15, 0.2) is 86.0 Å². The number of nitrogens with one attached hydrogen (secondary N) is 3. The standard InChI is InChI=1S/2C13H20N4.C12H18N4.2C12H17N3.C2H6/c1-6-15-12(16-7-1)17-10-4-13(5-11-17)2-8-14-9-3-13;1-11-7-14-12(15-8-11)17-9-13(10-17)3-5-16(2)6-4-13;1-9-3-13-12(14-4-9)16-7-11(8-16)10-5-15(2)6-10;1-9-2-3-12(14-4-9)15-7-11(8-15)10-5-13-6-10;1-2-6-14-11(3-1)15-7-4-12(5-8-15)9-13-10-12;1-2/h1,6-7,14H,2-5,8-11H2;7-8H,3-6,9-10H2,1-2H3;3-4,10-11H,5-8H2,1-2H3;2-4,10-11,13H,5-8H2,1H3;1-3,6,13H,4-5,7-10H2;1-2H3. The molecule has 0 unspecified atom stereocenters. The molecule has 15 heterocycles. The molecular weight excluding hydrogens is 1020 g/mol. The van der Waals surface area contributed by atoms with Crippen LogP contribution in [-0.4, -0.2) is 195 Å². The summed E-state index contributed by atoms with van der Waals surface area (Å²) in [6, 6.07) is 12.3. The summed E-state index contributed by atoms with van der Waals surface area (Å²) in [7, 11) is 4.41. The number of aromatic nitrogens is 8. The molecule has 10 aliphatic rings. The second kappa shape index (κ2) is 27.8. The van der Waals surface area contributed by atoms with Gasteiger partial charge in [-0.05, 0) is 201 Å². The molecule has 3 N–H and O–H groups in total. The molecule has 0 saturated carbocycles. The Morgan fingerprint density at radius 3 is 1.41 bits per heavy atom. The van der Waals surface area contributed by atoms with Gasteiger partial charge in [0, 0.05) is 147 Å². The number of aryl methyl sites for hydroxylation is 3. The largest absolute Gasteiger partial charge is 0.357 e. The van der Waals surface area contributed by atoms with E-state index in [9.17, 15) is 0 Å². The summed E-state index contributed by atoms with van der Waals surface area (Å²) < 4.78 is 0. The Morgan fingerprint density at radius 1 is 0.390 bits per heavy atom. The quantitative estimate of drug-likeness (QED) is 0.154. The SMILES string of the molecule is CC.Cc1ccc(N2CC(C3CNC3)C2)nc1.Cc1cnc(N2CC(C3CN(C)C3)C2)nc1.Cc1cnc(N2CC3(CCN(C)CC3)C2)nc1.c1ccc(N2CCC3(CC2)CNC3)nc1.c1cnc(N2CCC3(CCNCC3)CC2)nc1. The predicted molar refractivity (Wildman–Crippen MR) is 333 cm³/mol. The maximum absolute atomic E-state index is 4.45. The van der Waals surface area contributed by atoms with Crippen molar-refractivity contribution in [3.05, 3.63) is 103 Å². The van der Waals surface area contributed by atoms with Crippen molar-refractivity contribution in [2.75, 3.05) is 169 Å². The highest BCUT2D eigenvalue weighted by atomic mass is 15.3. The summed E-state index contributed by atoms with van der Waals surface area (Å²) in [6.45, 7) is 34.0. The number of anilines is 5. The van der Waals surface area contributed by atoms with Gasteiger partial charge in [-0.15, -0.1) is 0 Å². The Hall–Kier alpha value is -5.66. The Bertz CT molecular complexity index is 2610. The lowest BCUT2D eigenvalue weighted by Crippen LogP contribution is -2.60. The van der Waals surface area contributed by atoms with E-state index in [4.69, 9.17) is 0 Å². The van der Waals surface area contributed by atoms with Gasteiger partial charge < -0.3 is 50.2 Å². The molecule has 10 saturated heterocycles. The highest BCUT2D eigenvalue weighted by molar-refractivity contribution is 5.43. The van der Waals surface area contributed by atoms with Crippen molar-refractivity contribution in [3.63, 3.8) is 0 Å². The van der Waals surface area contributed by atoms with Crippen LogP contribution in [0.1, 0.15) is 81.9 Å². The monoisotopic (exact) mass is 1120 g/mol. The average Bonchev–Trinajstić information content (AvgIpc) is 3.16. The topological polar surface area (TPSA) is 162 Å². The van der Waals surface area contributed by atoms with E-state index < -0.39 is 0 Å². The Kier molecular flexibility index (Phi) is 20.2. The predicted octanol–water partition coefficient (Wildman–Crippen LogP) is 6.89. The molecule has 0 atom stereocenters. The van der Waals surface area contributed by atoms with Crippen LogP contribution >= 0.6 is 0 Å². The van der Waals surface area contributed by atoms with Crippen LogP contribution in [0.4, 0.5) is 29.5 Å². The highest BCUT2D eigenvalue weighted by Crippen LogP contribution is 2.42. The lowest BCUT2D eigenvalue weighted by molar-refractivity contribution is 0.0691. The molecule has 0 bridgehead atoms. The van der Waals surface area contributed by atoms with Crippen molar-refractivity contribution in [2.24, 2.45) is 39.9 Å². The third-order valence-corrected chi connectivity index (χ3v) is 19.6. The van der Waals surface area contributed by atoms with Crippen molar-refractivity contribution in [1.82, 2.24) is 65.6 Å². The Morgan fingerprint density at radius 2 is 0.890 bits per heavy atom. The van der Waals surface area contributed by atoms with Crippen LogP contribution < -0.4 is 40.4 Å². The minimum Gasteiger partial charge on any atom is -0.357 e. The van der Waals surface area contributed by atoms with Crippen molar-refractivity contribution < 1.29 is 0 Å². The van der Waals surface area contributed by atoms with Gasteiger partial charge >= 0.3 is 0 Å². The van der Waals surface area contributed by atoms with Gasteiger partial charge in [-0.25, -0.2) is 39.9 Å². The first-order valence-corrected chi connectivity index (χ1v) is 31.4. The zero-order valence-electron chi connectivity index (χ0n) is 50.9. The molecule has 10 fully saturated rings. The molecule has 15 rings (SSSR count). The van der Waals surface area contributed by atoms with E-state index in [0.717, 1.165) is 104 Å². The zero-order chi connectivity index (χ0) is 56.9. The summed E-state index contributed by atoms with van der Waals surface area (Å²) in [5.41, 5.74) is 5.28. The summed E-state index contributed by atoms with van der Waals surface area (Å²) in [5.74, 6) is 8.57. The minimum atomic E-state index is 0.556. The molecule has 0 aromatic carbocycles. The normalized spacial score (nSPS) is 22.9. The van der Waals surface area contributed by atoms with Crippen LogP contribution in [0, 0.1) is 60.7 Å². The van der Waals surface area contributed by atoms with Crippen molar-refractivity contribution >= 4 is 29.5 Å². The van der Waals surface area contributed by atoms with E-state index in [2.05, 4.69) is 135 Å². The third-order valence-electron chi connectivity index (χ3n) is 19.6. The summed E-state index contributed by atoms with van der Waals surface area (Å²) >= 11 is 0. The fraction of sp³-hybridized carbons (Fsp3) is 0.656. The van der Waals surface area contributed by atoms with E-state index in [1.165, 1.54) is 149 Å². The molecule has 82 heavy (non-hydrogen) atoms. The molecule has 5 aromatic rings. The van der Waals surface area contributed by atoms with Gasteiger partial charge in [0.2, 0.25) is 17.8 Å². The van der Waals surface area contributed by atoms with Gasteiger partial charge in [0.05, 0.1) is 0 Å². The fourth-order valence-corrected chi connectivity index (χ4v) is 13.4. The van der Waals surface area contributed by atoms with Crippen molar-refractivity contribution in [3.8, 4) is 0 Å². The van der Waals surface area contributed by atoms with Gasteiger partial charge in [0.25, 0.3) is 0 Å². The average molecular weight is 1120 g/mol. The molecule has 0 radical (unpaired) electrons. The zero-order valence-corrected chi connectivity index (χ0v) is 50.9. The van der Waals surface area contributed by atoms with Gasteiger partial charge in [-0.1, -0.05) is 26.0 Å². The maximum atomic E-state index is 4.45. The fourth-order valence-electron chi connectivity index (χ4n) is 13.4. The smallest absolute Gasteiger partial charge is 0.225 e. The summed E-state index contributed by atoms with van der Waals surface area (Å²) in [5, 5.41) is 10.2. The molecule has 0 amide bonds. The number of piperidine rings is 4. The van der Waals surface area contributed by atoms with Crippen LogP contribution in [0.3, 0.4) is 0 Å². The van der Waals surface area contributed by atoms with Crippen LogP contribution in [0.5, 0.6) is 0 Å². The van der Waals surface area contributed by atoms with Crippen LogP contribution in [0.25, 0.3) is 0 Å². The number of rotatable bonds is 7. The summed E-state index contributed by atoms with van der Waals surface area (Å²) in [4.78, 5) is 51.6. The second-order valence-electron chi connectivity index (χ2n) is 25.8. The lowest BCUT2D eigenvalue weighted by atomic mass is 9.72. The molecule has 444 valence electrons. The maximum Gasteiger partial charge on any atom is 0.225 e. The van der Waals surface area contributed by atoms with Crippen molar-refractivity contribution in [2.45, 2.75) is 86.0 Å². The Labute approximate surface area is 491 Å². The van der Waals surface area contributed by atoms with Crippen LogP contribution in [-0.2, 0) is 0 Å². The van der Waals surface area contributed by atoms with Gasteiger partial charge in [0.1, 0.15) is 11.6 Å². The molecule has 10 aliphatic heterocycles.